The Morgan fingerprint density at radius 2 is 1.67 bits per heavy atom. The predicted octanol–water partition coefficient (Wildman–Crippen LogP) is 4.72. The van der Waals surface area contributed by atoms with Gasteiger partial charge in [-0.1, -0.05) is 12.1 Å². The number of aromatic nitrogens is 5. The molecule has 13 heteroatoms. The Kier molecular flexibility index (Phi) is 5.26. The molecule has 0 fully saturated rings. The number of rotatable bonds is 3. The van der Waals surface area contributed by atoms with Gasteiger partial charge in [-0.25, -0.2) is 0 Å². The molecule has 3 aromatic heterocycles. The third kappa shape index (κ3) is 4.21. The fraction of sp³-hybridized carbons (Fsp3) is 0.150. The Labute approximate surface area is 181 Å². The van der Waals surface area contributed by atoms with Crippen molar-refractivity contribution < 1.29 is 31.1 Å². The number of anilines is 1. The molecular weight excluding hydrogens is 454 g/mol. The number of nitrogens with one attached hydrogen (secondary N) is 1. The van der Waals surface area contributed by atoms with Gasteiger partial charge in [0.1, 0.15) is 22.6 Å². The standard InChI is InChI=1S/C20H12F6N6O/c1-32-17(18(33)30-10-5-6-28-13(9-10)19(21,22)23)14(20(24,25)26)16(31-32)11-3-2-4-12-15(11)29-8-7-27-12/h2-9H,1H3,(H,28,30,33). The van der Waals surface area contributed by atoms with Gasteiger partial charge in [0.25, 0.3) is 5.91 Å². The second-order valence-corrected chi connectivity index (χ2v) is 6.80. The van der Waals surface area contributed by atoms with Crippen molar-refractivity contribution in [2.24, 2.45) is 7.05 Å². The molecule has 0 saturated heterocycles. The first-order chi connectivity index (χ1) is 15.5. The summed E-state index contributed by atoms with van der Waals surface area (Å²) in [6.07, 6.45) is -6.36. The fourth-order valence-corrected chi connectivity index (χ4v) is 3.28. The highest BCUT2D eigenvalue weighted by atomic mass is 19.4. The lowest BCUT2D eigenvalue weighted by molar-refractivity contribution is -0.141. The summed E-state index contributed by atoms with van der Waals surface area (Å²) in [5.74, 6) is -1.30. The van der Waals surface area contributed by atoms with Crippen LogP contribution in [-0.4, -0.2) is 30.6 Å². The number of fused-ring (bicyclic) bond motifs is 1. The molecule has 33 heavy (non-hydrogen) atoms. The number of para-hydroxylation sites is 1. The number of benzene rings is 1. The maximum atomic E-state index is 14.1. The third-order valence-corrected chi connectivity index (χ3v) is 4.61. The SMILES string of the molecule is Cn1nc(-c2cccc3nccnc23)c(C(F)(F)F)c1C(=O)Nc1ccnc(C(F)(F)F)c1. The van der Waals surface area contributed by atoms with E-state index in [9.17, 15) is 31.1 Å². The molecule has 0 spiro atoms. The highest BCUT2D eigenvalue weighted by molar-refractivity contribution is 6.06. The lowest BCUT2D eigenvalue weighted by Gasteiger charge is -2.12. The Balaban J connectivity index is 1.84. The van der Waals surface area contributed by atoms with Crippen molar-refractivity contribution in [2.45, 2.75) is 12.4 Å². The monoisotopic (exact) mass is 466 g/mol. The Morgan fingerprint density at radius 1 is 0.939 bits per heavy atom. The molecule has 0 saturated carbocycles. The predicted molar refractivity (Wildman–Crippen MR) is 104 cm³/mol. The number of aryl methyl sites for hydroxylation is 1. The smallest absolute Gasteiger partial charge is 0.321 e. The van der Waals surface area contributed by atoms with Gasteiger partial charge in [0, 0.05) is 36.9 Å². The van der Waals surface area contributed by atoms with E-state index in [2.05, 4.69) is 25.4 Å². The van der Waals surface area contributed by atoms with Gasteiger partial charge in [0.2, 0.25) is 0 Å². The Hall–Kier alpha value is -4.03. The Morgan fingerprint density at radius 3 is 2.36 bits per heavy atom. The molecule has 0 aliphatic rings. The van der Waals surface area contributed by atoms with Crippen molar-refractivity contribution in [3.05, 3.63) is 65.9 Å². The molecule has 0 aliphatic carbocycles. The maximum Gasteiger partial charge on any atom is 0.433 e. The topological polar surface area (TPSA) is 85.6 Å². The van der Waals surface area contributed by atoms with E-state index >= 15 is 0 Å². The summed E-state index contributed by atoms with van der Waals surface area (Å²) in [5, 5.41) is 5.95. The van der Waals surface area contributed by atoms with Crippen LogP contribution in [0.1, 0.15) is 21.7 Å². The van der Waals surface area contributed by atoms with E-state index in [0.29, 0.717) is 16.3 Å². The minimum absolute atomic E-state index is 0.00848. The van der Waals surface area contributed by atoms with E-state index in [1.807, 2.05) is 0 Å². The number of amides is 1. The van der Waals surface area contributed by atoms with Gasteiger partial charge in [-0.2, -0.15) is 31.4 Å². The summed E-state index contributed by atoms with van der Waals surface area (Å²) < 4.78 is 81.7. The fourth-order valence-electron chi connectivity index (χ4n) is 3.28. The van der Waals surface area contributed by atoms with Crippen LogP contribution in [0.3, 0.4) is 0 Å². The Bertz CT molecular complexity index is 1360. The van der Waals surface area contributed by atoms with Crippen LogP contribution in [0, 0.1) is 0 Å². The van der Waals surface area contributed by atoms with Crippen molar-refractivity contribution in [2.75, 3.05) is 5.32 Å². The quantitative estimate of drug-likeness (QED) is 0.442. The zero-order valence-corrected chi connectivity index (χ0v) is 16.5. The number of halogens is 6. The van der Waals surface area contributed by atoms with Gasteiger partial charge >= 0.3 is 12.4 Å². The summed E-state index contributed by atoms with van der Waals surface area (Å²) in [4.78, 5) is 24.0. The molecule has 3 heterocycles. The first kappa shape index (κ1) is 22.2. The van der Waals surface area contributed by atoms with E-state index in [1.54, 1.807) is 6.07 Å². The number of hydrogen-bond donors (Lipinski definition) is 1. The molecule has 0 unspecified atom stereocenters. The molecule has 1 N–H and O–H groups in total. The molecule has 4 aromatic rings. The first-order valence-electron chi connectivity index (χ1n) is 9.15. The molecule has 0 aliphatic heterocycles. The van der Waals surface area contributed by atoms with Crippen molar-refractivity contribution in [1.29, 1.82) is 0 Å². The van der Waals surface area contributed by atoms with Crippen LogP contribution in [0.25, 0.3) is 22.3 Å². The number of hydrogen-bond acceptors (Lipinski definition) is 5. The molecule has 7 nitrogen and oxygen atoms in total. The lowest BCUT2D eigenvalue weighted by Crippen LogP contribution is -2.21. The van der Waals surface area contributed by atoms with Gasteiger partial charge in [-0.3, -0.25) is 24.4 Å². The normalized spacial score (nSPS) is 12.2. The van der Waals surface area contributed by atoms with Crippen molar-refractivity contribution >= 4 is 22.6 Å². The highest BCUT2D eigenvalue weighted by Gasteiger charge is 2.42. The second-order valence-electron chi connectivity index (χ2n) is 6.80. The minimum Gasteiger partial charge on any atom is -0.321 e. The van der Waals surface area contributed by atoms with Crippen LogP contribution in [0.15, 0.2) is 48.9 Å². The minimum atomic E-state index is -5.02. The molecule has 4 rings (SSSR count). The van der Waals surface area contributed by atoms with E-state index in [4.69, 9.17) is 0 Å². The zero-order chi connectivity index (χ0) is 24.0. The zero-order valence-electron chi connectivity index (χ0n) is 16.5. The van der Waals surface area contributed by atoms with Crippen molar-refractivity contribution in [1.82, 2.24) is 24.7 Å². The van der Waals surface area contributed by atoms with E-state index in [-0.39, 0.29) is 16.8 Å². The number of pyridine rings is 1. The largest absolute Gasteiger partial charge is 0.433 e. The average Bonchev–Trinajstić information content (AvgIpc) is 3.10. The second kappa shape index (κ2) is 7.83. The molecular formula is C20H12F6N6O. The van der Waals surface area contributed by atoms with Crippen LogP contribution >= 0.6 is 0 Å². The third-order valence-electron chi connectivity index (χ3n) is 4.61. The van der Waals surface area contributed by atoms with E-state index in [1.165, 1.54) is 24.5 Å². The van der Waals surface area contributed by atoms with Gasteiger partial charge in [-0.05, 0) is 18.2 Å². The van der Waals surface area contributed by atoms with Crippen LogP contribution in [-0.2, 0) is 19.4 Å². The average molecular weight is 466 g/mol. The molecule has 0 radical (unpaired) electrons. The highest BCUT2D eigenvalue weighted by Crippen LogP contribution is 2.40. The van der Waals surface area contributed by atoms with Gasteiger partial charge in [0.05, 0.1) is 11.0 Å². The summed E-state index contributed by atoms with van der Waals surface area (Å²) in [6, 6.07) is 5.92. The number of nitrogens with zero attached hydrogens (tertiary/aromatic N) is 5. The van der Waals surface area contributed by atoms with Crippen LogP contribution < -0.4 is 5.32 Å². The number of carbonyl (C=O) groups is 1. The number of alkyl halides is 6. The molecule has 0 atom stereocenters. The molecule has 1 amide bonds. The summed E-state index contributed by atoms with van der Waals surface area (Å²) in [5.41, 5.74) is -4.05. The maximum absolute atomic E-state index is 14.1. The number of carbonyl (C=O) groups excluding carboxylic acids is 1. The van der Waals surface area contributed by atoms with Crippen molar-refractivity contribution in [3.8, 4) is 11.3 Å². The molecule has 0 bridgehead atoms. The summed E-state index contributed by atoms with van der Waals surface area (Å²) in [7, 11) is 1.12. The summed E-state index contributed by atoms with van der Waals surface area (Å²) in [6.45, 7) is 0. The van der Waals surface area contributed by atoms with E-state index < -0.39 is 40.9 Å². The van der Waals surface area contributed by atoms with Crippen LogP contribution in [0.2, 0.25) is 0 Å². The van der Waals surface area contributed by atoms with E-state index in [0.717, 1.165) is 19.3 Å². The van der Waals surface area contributed by atoms with Crippen LogP contribution in [0.4, 0.5) is 32.0 Å². The lowest BCUT2D eigenvalue weighted by atomic mass is 10.0. The molecule has 170 valence electrons. The summed E-state index contributed by atoms with van der Waals surface area (Å²) >= 11 is 0. The van der Waals surface area contributed by atoms with Gasteiger partial charge in [0.15, 0.2) is 0 Å². The molecule has 1 aromatic carbocycles. The van der Waals surface area contributed by atoms with Crippen molar-refractivity contribution in [3.63, 3.8) is 0 Å². The van der Waals surface area contributed by atoms with Gasteiger partial charge in [-0.15, -0.1) is 0 Å². The van der Waals surface area contributed by atoms with Gasteiger partial charge < -0.3 is 5.32 Å². The van der Waals surface area contributed by atoms with Crippen LogP contribution in [0.5, 0.6) is 0 Å². The first-order valence-corrected chi connectivity index (χ1v) is 9.15.